The first kappa shape index (κ1) is 17.2. The molecule has 0 aliphatic rings. The quantitative estimate of drug-likeness (QED) is 0.277. The lowest BCUT2D eigenvalue weighted by molar-refractivity contribution is -0.143. The van der Waals surface area contributed by atoms with Gasteiger partial charge in [-0.15, -0.1) is 0 Å². The highest BCUT2D eigenvalue weighted by atomic mass is 16.5. The number of esters is 1. The fourth-order valence-electron chi connectivity index (χ4n) is 1.87. The molecule has 0 saturated carbocycles. The summed E-state index contributed by atoms with van der Waals surface area (Å²) >= 11 is 0. The van der Waals surface area contributed by atoms with Crippen LogP contribution in [0.15, 0.2) is 12.2 Å². The van der Waals surface area contributed by atoms with E-state index in [0.717, 1.165) is 12.8 Å². The molecule has 0 amide bonds. The molecular formula is C16H30O2. The van der Waals surface area contributed by atoms with Crippen molar-refractivity contribution in [2.24, 2.45) is 0 Å². The summed E-state index contributed by atoms with van der Waals surface area (Å²) in [4.78, 5) is 11.1. The van der Waals surface area contributed by atoms with Gasteiger partial charge in [-0.05, 0) is 39.0 Å². The van der Waals surface area contributed by atoms with E-state index in [9.17, 15) is 4.79 Å². The van der Waals surface area contributed by atoms with Crippen LogP contribution in [0.2, 0.25) is 0 Å². The van der Waals surface area contributed by atoms with Gasteiger partial charge in [0.05, 0.1) is 6.61 Å². The van der Waals surface area contributed by atoms with Gasteiger partial charge >= 0.3 is 5.97 Å². The number of ether oxygens (including phenoxy) is 1. The van der Waals surface area contributed by atoms with E-state index in [-0.39, 0.29) is 5.97 Å². The van der Waals surface area contributed by atoms with Crippen LogP contribution < -0.4 is 0 Å². The lowest BCUT2D eigenvalue weighted by atomic mass is 10.1. The maximum atomic E-state index is 11.1. The highest BCUT2D eigenvalue weighted by Crippen LogP contribution is 2.07. The number of carbonyl (C=O) groups is 1. The second kappa shape index (κ2) is 14.3. The lowest BCUT2D eigenvalue weighted by Gasteiger charge is -2.01. The Morgan fingerprint density at radius 1 is 0.889 bits per heavy atom. The van der Waals surface area contributed by atoms with E-state index in [1.165, 1.54) is 44.9 Å². The molecule has 0 atom stereocenters. The van der Waals surface area contributed by atoms with Crippen molar-refractivity contribution in [3.05, 3.63) is 12.2 Å². The third-order valence-electron chi connectivity index (χ3n) is 2.95. The van der Waals surface area contributed by atoms with Gasteiger partial charge in [-0.2, -0.15) is 0 Å². The molecule has 0 aromatic heterocycles. The normalized spacial score (nSPS) is 11.0. The van der Waals surface area contributed by atoms with Crippen LogP contribution in [0.5, 0.6) is 0 Å². The van der Waals surface area contributed by atoms with Crippen LogP contribution in [-0.2, 0) is 9.53 Å². The van der Waals surface area contributed by atoms with Crippen LogP contribution in [0.4, 0.5) is 0 Å². The minimum atomic E-state index is -0.0479. The van der Waals surface area contributed by atoms with Crippen LogP contribution in [-0.4, -0.2) is 12.6 Å². The van der Waals surface area contributed by atoms with Gasteiger partial charge in [0.25, 0.3) is 0 Å². The molecule has 106 valence electrons. The molecule has 0 aromatic rings. The number of hydrogen-bond acceptors (Lipinski definition) is 2. The third-order valence-corrected chi connectivity index (χ3v) is 2.95. The molecular weight excluding hydrogens is 224 g/mol. The molecule has 0 aromatic carbocycles. The first-order valence-electron chi connectivity index (χ1n) is 7.61. The molecule has 0 spiro atoms. The standard InChI is InChI=1S/C16H30O2/c1-3-5-6-7-8-9-10-11-12-13-14-15-16(17)18-4-2/h8-9H,3-7,10-15H2,1-2H3/b9-8-. The van der Waals surface area contributed by atoms with Gasteiger partial charge < -0.3 is 4.74 Å². The van der Waals surface area contributed by atoms with Gasteiger partial charge in [-0.25, -0.2) is 0 Å². The predicted octanol–water partition coefficient (Wildman–Crippen LogP) is 5.03. The summed E-state index contributed by atoms with van der Waals surface area (Å²) in [5.74, 6) is -0.0479. The average molecular weight is 254 g/mol. The van der Waals surface area contributed by atoms with Crippen molar-refractivity contribution in [1.82, 2.24) is 0 Å². The van der Waals surface area contributed by atoms with Gasteiger partial charge in [0.2, 0.25) is 0 Å². The Hall–Kier alpha value is -0.790. The molecule has 2 nitrogen and oxygen atoms in total. The Kier molecular flexibility index (Phi) is 13.6. The lowest BCUT2D eigenvalue weighted by Crippen LogP contribution is -2.02. The van der Waals surface area contributed by atoms with E-state index in [0.29, 0.717) is 13.0 Å². The predicted molar refractivity (Wildman–Crippen MR) is 77.6 cm³/mol. The van der Waals surface area contributed by atoms with Crippen molar-refractivity contribution in [2.45, 2.75) is 78.1 Å². The Morgan fingerprint density at radius 3 is 2.11 bits per heavy atom. The van der Waals surface area contributed by atoms with Crippen LogP contribution >= 0.6 is 0 Å². The second-order valence-electron chi connectivity index (χ2n) is 4.73. The summed E-state index contributed by atoms with van der Waals surface area (Å²) in [5, 5.41) is 0. The van der Waals surface area contributed by atoms with E-state index < -0.39 is 0 Å². The summed E-state index contributed by atoms with van der Waals surface area (Å²) in [6.45, 7) is 4.59. The van der Waals surface area contributed by atoms with E-state index in [4.69, 9.17) is 4.74 Å². The zero-order valence-corrected chi connectivity index (χ0v) is 12.2. The third kappa shape index (κ3) is 13.3. The zero-order valence-electron chi connectivity index (χ0n) is 12.2. The molecule has 0 fully saturated rings. The molecule has 0 unspecified atom stereocenters. The maximum absolute atomic E-state index is 11.1. The summed E-state index contributed by atoms with van der Waals surface area (Å²) in [6.07, 6.45) is 16.2. The highest BCUT2D eigenvalue weighted by molar-refractivity contribution is 5.69. The van der Waals surface area contributed by atoms with Crippen LogP contribution in [0, 0.1) is 0 Å². The number of rotatable bonds is 12. The summed E-state index contributed by atoms with van der Waals surface area (Å²) in [5.41, 5.74) is 0. The van der Waals surface area contributed by atoms with E-state index in [1.54, 1.807) is 0 Å². The Morgan fingerprint density at radius 2 is 1.50 bits per heavy atom. The van der Waals surface area contributed by atoms with Crippen molar-refractivity contribution in [3.63, 3.8) is 0 Å². The topological polar surface area (TPSA) is 26.3 Å². The molecule has 0 aliphatic carbocycles. The van der Waals surface area contributed by atoms with Gasteiger partial charge in [-0.3, -0.25) is 4.79 Å². The van der Waals surface area contributed by atoms with Gasteiger partial charge in [0.1, 0.15) is 0 Å². The maximum Gasteiger partial charge on any atom is 0.305 e. The van der Waals surface area contributed by atoms with Gasteiger partial charge in [-0.1, -0.05) is 44.8 Å². The summed E-state index contributed by atoms with van der Waals surface area (Å²) < 4.78 is 4.88. The molecule has 0 aliphatic heterocycles. The Bertz CT molecular complexity index is 209. The number of carbonyl (C=O) groups excluding carboxylic acids is 1. The minimum absolute atomic E-state index is 0.0479. The van der Waals surface area contributed by atoms with Crippen molar-refractivity contribution in [1.29, 1.82) is 0 Å². The Balaban J connectivity index is 3.13. The van der Waals surface area contributed by atoms with Crippen LogP contribution in [0.1, 0.15) is 78.1 Å². The Labute approximate surface area is 113 Å². The van der Waals surface area contributed by atoms with Crippen LogP contribution in [0.25, 0.3) is 0 Å². The molecule has 0 N–H and O–H groups in total. The molecule has 2 heteroatoms. The fraction of sp³-hybridized carbons (Fsp3) is 0.812. The monoisotopic (exact) mass is 254 g/mol. The first-order chi connectivity index (χ1) is 8.81. The van der Waals surface area contributed by atoms with E-state index in [1.807, 2.05) is 6.92 Å². The molecule has 0 rings (SSSR count). The van der Waals surface area contributed by atoms with Crippen molar-refractivity contribution in [3.8, 4) is 0 Å². The average Bonchev–Trinajstić information content (AvgIpc) is 2.36. The smallest absolute Gasteiger partial charge is 0.305 e. The molecule has 18 heavy (non-hydrogen) atoms. The fourth-order valence-corrected chi connectivity index (χ4v) is 1.87. The summed E-state index contributed by atoms with van der Waals surface area (Å²) in [7, 11) is 0. The highest BCUT2D eigenvalue weighted by Gasteiger charge is 1.99. The zero-order chi connectivity index (χ0) is 13.5. The molecule has 0 radical (unpaired) electrons. The molecule has 0 heterocycles. The largest absolute Gasteiger partial charge is 0.466 e. The van der Waals surface area contributed by atoms with Crippen molar-refractivity contribution < 1.29 is 9.53 Å². The van der Waals surface area contributed by atoms with Crippen LogP contribution in [0.3, 0.4) is 0 Å². The van der Waals surface area contributed by atoms with Crippen molar-refractivity contribution in [2.75, 3.05) is 6.61 Å². The number of unbranched alkanes of at least 4 members (excludes halogenated alkanes) is 7. The number of allylic oxidation sites excluding steroid dienone is 2. The van der Waals surface area contributed by atoms with E-state index in [2.05, 4.69) is 19.1 Å². The van der Waals surface area contributed by atoms with Crippen molar-refractivity contribution >= 4 is 5.97 Å². The number of hydrogen-bond donors (Lipinski definition) is 0. The molecule has 0 bridgehead atoms. The minimum Gasteiger partial charge on any atom is -0.466 e. The summed E-state index contributed by atoms with van der Waals surface area (Å²) in [6, 6.07) is 0. The van der Waals surface area contributed by atoms with Gasteiger partial charge in [0.15, 0.2) is 0 Å². The van der Waals surface area contributed by atoms with E-state index >= 15 is 0 Å². The second-order valence-corrected chi connectivity index (χ2v) is 4.73. The first-order valence-corrected chi connectivity index (χ1v) is 7.61. The van der Waals surface area contributed by atoms with Gasteiger partial charge in [0, 0.05) is 6.42 Å². The molecule has 0 saturated heterocycles. The SMILES string of the molecule is CCCCC/C=C\CCCCCCC(=O)OCC.